The van der Waals surface area contributed by atoms with Crippen LogP contribution in [0.5, 0.6) is 5.75 Å². The van der Waals surface area contributed by atoms with Gasteiger partial charge in [-0.2, -0.15) is 0 Å². The lowest BCUT2D eigenvalue weighted by Gasteiger charge is -2.36. The van der Waals surface area contributed by atoms with E-state index in [-0.39, 0.29) is 23.6 Å². The third-order valence-electron chi connectivity index (χ3n) is 6.18. The molecule has 0 bridgehead atoms. The Morgan fingerprint density at radius 3 is 2.47 bits per heavy atom. The van der Waals surface area contributed by atoms with Crippen molar-refractivity contribution in [3.8, 4) is 5.75 Å². The molecule has 1 aliphatic rings. The zero-order chi connectivity index (χ0) is 24.5. The van der Waals surface area contributed by atoms with Crippen molar-refractivity contribution in [3.63, 3.8) is 0 Å². The average molecular weight is 468 g/mol. The summed E-state index contributed by atoms with van der Waals surface area (Å²) in [4.78, 5) is 40.7. The number of amides is 3. The molecule has 1 atom stereocenters. The molecule has 0 aliphatic carbocycles. The van der Waals surface area contributed by atoms with Crippen molar-refractivity contribution in [1.82, 2.24) is 15.5 Å². The molecule has 3 rings (SSSR count). The molecular weight excluding hydrogens is 434 g/mol. The zero-order valence-corrected chi connectivity index (χ0v) is 20.0. The monoisotopic (exact) mass is 467 g/mol. The highest BCUT2D eigenvalue weighted by molar-refractivity contribution is 5.98. The van der Waals surface area contributed by atoms with Gasteiger partial charge in [-0.3, -0.25) is 14.4 Å². The van der Waals surface area contributed by atoms with Crippen LogP contribution < -0.4 is 15.4 Å². The SMILES string of the molecule is COCCNC(=O)C(NC(=O)c1ccccc1C)C1CCN(C(=O)c2cccc(OC)c2)CC1. The Kier molecular flexibility index (Phi) is 9.04. The third-order valence-corrected chi connectivity index (χ3v) is 6.18. The van der Waals surface area contributed by atoms with Crippen LogP contribution in [0.2, 0.25) is 0 Å². The summed E-state index contributed by atoms with van der Waals surface area (Å²) in [5, 5.41) is 5.80. The standard InChI is InChI=1S/C26H33N3O5/c1-18-7-4-5-10-22(18)24(30)28-23(25(31)27-13-16-33-2)19-11-14-29(15-12-19)26(32)20-8-6-9-21(17-20)34-3/h4-10,17,19,23H,11-16H2,1-3H3,(H,27,31)(H,28,30). The molecular formula is C26H33N3O5. The first-order valence-electron chi connectivity index (χ1n) is 11.5. The molecule has 0 saturated carbocycles. The van der Waals surface area contributed by atoms with Gasteiger partial charge in [0.2, 0.25) is 5.91 Å². The molecule has 0 aromatic heterocycles. The van der Waals surface area contributed by atoms with E-state index in [9.17, 15) is 14.4 Å². The highest BCUT2D eigenvalue weighted by Crippen LogP contribution is 2.24. The summed E-state index contributed by atoms with van der Waals surface area (Å²) in [5.74, 6) is -0.0452. The van der Waals surface area contributed by atoms with Crippen molar-refractivity contribution in [3.05, 3.63) is 65.2 Å². The number of aryl methyl sites for hydroxylation is 1. The summed E-state index contributed by atoms with van der Waals surface area (Å²) >= 11 is 0. The van der Waals surface area contributed by atoms with Crippen molar-refractivity contribution in [2.45, 2.75) is 25.8 Å². The number of likely N-dealkylation sites (tertiary alicyclic amines) is 1. The maximum atomic E-state index is 13.0. The van der Waals surface area contributed by atoms with Crippen LogP contribution >= 0.6 is 0 Å². The number of piperidine rings is 1. The molecule has 0 radical (unpaired) electrons. The van der Waals surface area contributed by atoms with Gasteiger partial charge < -0.3 is 25.0 Å². The summed E-state index contributed by atoms with van der Waals surface area (Å²) in [7, 11) is 3.14. The second-order valence-electron chi connectivity index (χ2n) is 8.41. The van der Waals surface area contributed by atoms with E-state index in [0.717, 1.165) is 5.56 Å². The van der Waals surface area contributed by atoms with Crippen LogP contribution in [0.1, 0.15) is 39.1 Å². The van der Waals surface area contributed by atoms with E-state index < -0.39 is 6.04 Å². The number of nitrogens with zero attached hydrogens (tertiary/aromatic N) is 1. The van der Waals surface area contributed by atoms with Gasteiger partial charge in [-0.15, -0.1) is 0 Å². The average Bonchev–Trinajstić information content (AvgIpc) is 2.87. The highest BCUT2D eigenvalue weighted by Gasteiger charge is 2.34. The third kappa shape index (κ3) is 6.35. The molecule has 2 aromatic carbocycles. The fourth-order valence-electron chi connectivity index (χ4n) is 4.20. The molecule has 34 heavy (non-hydrogen) atoms. The van der Waals surface area contributed by atoms with Gasteiger partial charge in [-0.05, 0) is 55.5 Å². The van der Waals surface area contributed by atoms with Crippen LogP contribution in [0.25, 0.3) is 0 Å². The van der Waals surface area contributed by atoms with Crippen LogP contribution in [-0.4, -0.2) is 69.1 Å². The second kappa shape index (κ2) is 12.2. The minimum absolute atomic E-state index is 0.0672. The smallest absolute Gasteiger partial charge is 0.253 e. The number of rotatable bonds is 9. The molecule has 1 fully saturated rings. The first-order valence-corrected chi connectivity index (χ1v) is 11.5. The van der Waals surface area contributed by atoms with E-state index >= 15 is 0 Å². The number of benzene rings is 2. The van der Waals surface area contributed by atoms with Crippen LogP contribution in [0, 0.1) is 12.8 Å². The van der Waals surface area contributed by atoms with Crippen molar-refractivity contribution in [2.75, 3.05) is 40.5 Å². The number of carbonyl (C=O) groups excluding carboxylic acids is 3. The van der Waals surface area contributed by atoms with Crippen LogP contribution in [0.3, 0.4) is 0 Å². The van der Waals surface area contributed by atoms with Crippen molar-refractivity contribution >= 4 is 17.7 Å². The lowest BCUT2D eigenvalue weighted by molar-refractivity contribution is -0.124. The predicted octanol–water partition coefficient (Wildman–Crippen LogP) is 2.42. The number of carbonyl (C=O) groups is 3. The Bertz CT molecular complexity index is 1000. The molecule has 2 N–H and O–H groups in total. The minimum atomic E-state index is -0.696. The van der Waals surface area contributed by atoms with E-state index in [1.807, 2.05) is 19.1 Å². The van der Waals surface area contributed by atoms with Crippen LogP contribution in [0.15, 0.2) is 48.5 Å². The van der Waals surface area contributed by atoms with Gasteiger partial charge in [0.15, 0.2) is 0 Å². The van der Waals surface area contributed by atoms with E-state index in [1.54, 1.807) is 55.5 Å². The Morgan fingerprint density at radius 2 is 1.79 bits per heavy atom. The molecule has 8 nitrogen and oxygen atoms in total. The highest BCUT2D eigenvalue weighted by atomic mass is 16.5. The van der Waals surface area contributed by atoms with Gasteiger partial charge in [0, 0.05) is 37.9 Å². The minimum Gasteiger partial charge on any atom is -0.497 e. The summed E-state index contributed by atoms with van der Waals surface area (Å²) in [6.07, 6.45) is 1.21. The maximum absolute atomic E-state index is 13.0. The fourth-order valence-corrected chi connectivity index (χ4v) is 4.20. The molecule has 2 aromatic rings. The number of hydrogen-bond donors (Lipinski definition) is 2. The van der Waals surface area contributed by atoms with Gasteiger partial charge >= 0.3 is 0 Å². The van der Waals surface area contributed by atoms with Crippen LogP contribution in [0.4, 0.5) is 0 Å². The number of hydrogen-bond acceptors (Lipinski definition) is 5. The van der Waals surface area contributed by atoms with Gasteiger partial charge in [0.05, 0.1) is 13.7 Å². The quantitative estimate of drug-likeness (QED) is 0.552. The largest absolute Gasteiger partial charge is 0.497 e. The molecule has 8 heteroatoms. The molecule has 182 valence electrons. The molecule has 1 unspecified atom stereocenters. The van der Waals surface area contributed by atoms with E-state index in [4.69, 9.17) is 9.47 Å². The second-order valence-corrected chi connectivity index (χ2v) is 8.41. The number of methoxy groups -OCH3 is 2. The van der Waals surface area contributed by atoms with Crippen LogP contribution in [-0.2, 0) is 9.53 Å². The Balaban J connectivity index is 1.69. The molecule has 1 aliphatic heterocycles. The lowest BCUT2D eigenvalue weighted by atomic mass is 9.88. The fraction of sp³-hybridized carbons (Fsp3) is 0.423. The molecule has 0 spiro atoms. The number of ether oxygens (including phenoxy) is 2. The number of nitrogens with one attached hydrogen (secondary N) is 2. The van der Waals surface area contributed by atoms with Gasteiger partial charge in [-0.25, -0.2) is 0 Å². The lowest BCUT2D eigenvalue weighted by Crippen LogP contribution is -2.54. The van der Waals surface area contributed by atoms with Gasteiger partial charge in [-0.1, -0.05) is 24.3 Å². The van der Waals surface area contributed by atoms with E-state index in [1.165, 1.54) is 0 Å². The Labute approximate surface area is 200 Å². The van der Waals surface area contributed by atoms with E-state index in [0.29, 0.717) is 56.0 Å². The Morgan fingerprint density at radius 1 is 1.06 bits per heavy atom. The summed E-state index contributed by atoms with van der Waals surface area (Å²) < 4.78 is 10.3. The molecule has 1 saturated heterocycles. The van der Waals surface area contributed by atoms with Crippen molar-refractivity contribution < 1.29 is 23.9 Å². The van der Waals surface area contributed by atoms with Crippen molar-refractivity contribution in [1.29, 1.82) is 0 Å². The maximum Gasteiger partial charge on any atom is 0.253 e. The van der Waals surface area contributed by atoms with E-state index in [2.05, 4.69) is 10.6 Å². The topological polar surface area (TPSA) is 97.0 Å². The van der Waals surface area contributed by atoms with Gasteiger partial charge in [0.25, 0.3) is 11.8 Å². The first kappa shape index (κ1) is 25.2. The molecule has 1 heterocycles. The Hall–Kier alpha value is -3.39. The first-order chi connectivity index (χ1) is 16.4. The van der Waals surface area contributed by atoms with Gasteiger partial charge in [0.1, 0.15) is 11.8 Å². The summed E-state index contributed by atoms with van der Waals surface area (Å²) in [5.41, 5.74) is 1.96. The predicted molar refractivity (Wildman–Crippen MR) is 129 cm³/mol. The van der Waals surface area contributed by atoms with Crippen molar-refractivity contribution in [2.24, 2.45) is 5.92 Å². The zero-order valence-electron chi connectivity index (χ0n) is 20.0. The molecule has 3 amide bonds. The summed E-state index contributed by atoms with van der Waals surface area (Å²) in [6.45, 7) is 3.62. The normalized spacial score (nSPS) is 14.9. The summed E-state index contributed by atoms with van der Waals surface area (Å²) in [6, 6.07) is 13.7.